The zero-order valence-electron chi connectivity index (χ0n) is 10.8. The highest BCUT2D eigenvalue weighted by atomic mass is 19.4. The van der Waals surface area contributed by atoms with Crippen molar-refractivity contribution in [3.05, 3.63) is 35.4 Å². The average molecular weight is 284 g/mol. The molecule has 1 aliphatic carbocycles. The second kappa shape index (κ2) is 4.77. The molecule has 0 radical (unpaired) electrons. The molecule has 6 heteroatoms. The van der Waals surface area contributed by atoms with Gasteiger partial charge in [-0.2, -0.15) is 13.2 Å². The molecule has 1 aromatic rings. The molecule has 1 amide bonds. The maximum Gasteiger partial charge on any atom is 0.416 e. The summed E-state index contributed by atoms with van der Waals surface area (Å²) in [5.41, 5.74) is 0.0384. The van der Waals surface area contributed by atoms with E-state index in [1.54, 1.807) is 4.90 Å². The number of benzene rings is 1. The topological polar surface area (TPSA) is 32.3 Å². The Labute approximate surface area is 114 Å². The van der Waals surface area contributed by atoms with Crippen LogP contribution in [0.2, 0.25) is 0 Å². The Morgan fingerprint density at radius 3 is 2.30 bits per heavy atom. The molecule has 0 aromatic heterocycles. The first kappa shape index (κ1) is 13.4. The smallest absolute Gasteiger partial charge is 0.319 e. The van der Waals surface area contributed by atoms with E-state index in [2.05, 4.69) is 5.32 Å². The number of halogens is 3. The Kier molecular flexibility index (Phi) is 3.20. The molecular formula is C14H15F3N2O. The van der Waals surface area contributed by atoms with Crippen LogP contribution in [-0.2, 0) is 11.0 Å². The molecule has 1 saturated heterocycles. The summed E-state index contributed by atoms with van der Waals surface area (Å²) < 4.78 is 37.6. The number of alkyl halides is 3. The molecule has 108 valence electrons. The number of rotatable bonds is 2. The lowest BCUT2D eigenvalue weighted by Crippen LogP contribution is -2.43. The van der Waals surface area contributed by atoms with Crippen molar-refractivity contribution in [2.45, 2.75) is 37.6 Å². The molecule has 1 aliphatic heterocycles. The average Bonchev–Trinajstić information content (AvgIpc) is 2.69. The van der Waals surface area contributed by atoms with Crippen LogP contribution >= 0.6 is 0 Å². The summed E-state index contributed by atoms with van der Waals surface area (Å²) in [4.78, 5) is 13.7. The largest absolute Gasteiger partial charge is 0.416 e. The van der Waals surface area contributed by atoms with Gasteiger partial charge < -0.3 is 4.90 Å². The van der Waals surface area contributed by atoms with Crippen molar-refractivity contribution in [3.8, 4) is 0 Å². The Morgan fingerprint density at radius 2 is 1.80 bits per heavy atom. The third-order valence-corrected chi connectivity index (χ3v) is 4.03. The summed E-state index contributed by atoms with van der Waals surface area (Å²) in [5, 5.41) is 3.08. The van der Waals surface area contributed by atoms with Gasteiger partial charge in [0.05, 0.1) is 12.1 Å². The van der Waals surface area contributed by atoms with E-state index in [1.165, 1.54) is 12.1 Å². The van der Waals surface area contributed by atoms with E-state index in [9.17, 15) is 18.0 Å². The van der Waals surface area contributed by atoms with Crippen molar-refractivity contribution < 1.29 is 18.0 Å². The number of nitrogens with one attached hydrogen (secondary N) is 1. The van der Waals surface area contributed by atoms with Gasteiger partial charge in [-0.1, -0.05) is 12.1 Å². The highest BCUT2D eigenvalue weighted by Gasteiger charge is 2.39. The molecule has 1 saturated carbocycles. The van der Waals surface area contributed by atoms with E-state index in [1.807, 2.05) is 0 Å². The zero-order chi connectivity index (χ0) is 14.3. The number of carbonyl (C=O) groups is 1. The van der Waals surface area contributed by atoms with Crippen molar-refractivity contribution in [2.75, 3.05) is 6.54 Å². The van der Waals surface area contributed by atoms with E-state index < -0.39 is 11.7 Å². The van der Waals surface area contributed by atoms with Gasteiger partial charge in [0, 0.05) is 6.04 Å². The van der Waals surface area contributed by atoms with Crippen molar-refractivity contribution in [1.29, 1.82) is 0 Å². The Morgan fingerprint density at radius 1 is 1.15 bits per heavy atom. The second-order valence-corrected chi connectivity index (χ2v) is 5.29. The van der Waals surface area contributed by atoms with Crippen LogP contribution in [0, 0.1) is 0 Å². The van der Waals surface area contributed by atoms with Crippen molar-refractivity contribution in [2.24, 2.45) is 0 Å². The third kappa shape index (κ3) is 2.28. The summed E-state index contributed by atoms with van der Waals surface area (Å²) in [5.74, 6) is 0.0274. The van der Waals surface area contributed by atoms with Crippen LogP contribution in [0.5, 0.6) is 0 Å². The minimum Gasteiger partial charge on any atom is -0.319 e. The maximum absolute atomic E-state index is 12.5. The van der Waals surface area contributed by atoms with Gasteiger partial charge in [-0.05, 0) is 37.0 Å². The fraction of sp³-hybridized carbons (Fsp3) is 0.500. The number of nitrogens with zero attached hydrogens (tertiary/aromatic N) is 1. The SMILES string of the molecule is O=C1CNC(c2ccc(C(F)(F)F)cc2)N1C1CCC1. The molecule has 0 spiro atoms. The predicted molar refractivity (Wildman–Crippen MR) is 66.7 cm³/mol. The van der Waals surface area contributed by atoms with Crippen molar-refractivity contribution in [1.82, 2.24) is 10.2 Å². The molecule has 2 fully saturated rings. The van der Waals surface area contributed by atoms with Gasteiger partial charge in [0.25, 0.3) is 0 Å². The summed E-state index contributed by atoms with van der Waals surface area (Å²) in [6.45, 7) is 0.252. The molecule has 3 nitrogen and oxygen atoms in total. The quantitative estimate of drug-likeness (QED) is 0.905. The lowest BCUT2D eigenvalue weighted by molar-refractivity contribution is -0.137. The molecule has 0 bridgehead atoms. The van der Waals surface area contributed by atoms with Gasteiger partial charge in [0.2, 0.25) is 5.91 Å². The lowest BCUT2D eigenvalue weighted by Gasteiger charge is -2.38. The fourth-order valence-corrected chi connectivity index (χ4v) is 2.73. The maximum atomic E-state index is 12.5. The van der Waals surface area contributed by atoms with Crippen LogP contribution in [0.15, 0.2) is 24.3 Å². The van der Waals surface area contributed by atoms with E-state index in [-0.39, 0.29) is 24.7 Å². The highest BCUT2D eigenvalue weighted by Crippen LogP contribution is 2.35. The van der Waals surface area contributed by atoms with Gasteiger partial charge in [-0.3, -0.25) is 10.1 Å². The Bertz CT molecular complexity index is 508. The zero-order valence-corrected chi connectivity index (χ0v) is 10.8. The van der Waals surface area contributed by atoms with Gasteiger partial charge in [-0.15, -0.1) is 0 Å². The summed E-state index contributed by atoms with van der Waals surface area (Å²) in [6.07, 6.45) is -1.57. The molecule has 1 aromatic carbocycles. The second-order valence-electron chi connectivity index (χ2n) is 5.29. The molecule has 2 aliphatic rings. The normalized spacial score (nSPS) is 24.1. The van der Waals surface area contributed by atoms with Crippen LogP contribution in [0.1, 0.15) is 36.6 Å². The first-order valence-corrected chi connectivity index (χ1v) is 6.68. The molecular weight excluding hydrogens is 269 g/mol. The van der Waals surface area contributed by atoms with Crippen molar-refractivity contribution >= 4 is 5.91 Å². The predicted octanol–water partition coefficient (Wildman–Crippen LogP) is 2.69. The monoisotopic (exact) mass is 284 g/mol. The number of hydrogen-bond donors (Lipinski definition) is 1. The van der Waals surface area contributed by atoms with Crippen LogP contribution < -0.4 is 5.32 Å². The van der Waals surface area contributed by atoms with Gasteiger partial charge in [-0.25, -0.2) is 0 Å². The Balaban J connectivity index is 1.83. The number of amides is 1. The van der Waals surface area contributed by atoms with E-state index in [0.29, 0.717) is 5.56 Å². The molecule has 1 N–H and O–H groups in total. The van der Waals surface area contributed by atoms with Crippen LogP contribution in [0.25, 0.3) is 0 Å². The standard InChI is InChI=1S/C14H15F3N2O/c15-14(16,17)10-6-4-9(5-7-10)13-18-8-12(20)19(13)11-2-1-3-11/h4-7,11,13,18H,1-3,8H2. The van der Waals surface area contributed by atoms with Crippen LogP contribution in [0.4, 0.5) is 13.2 Å². The first-order chi connectivity index (χ1) is 9.47. The summed E-state index contributed by atoms with van der Waals surface area (Å²) >= 11 is 0. The molecule has 3 rings (SSSR count). The highest BCUT2D eigenvalue weighted by molar-refractivity contribution is 5.81. The minimum atomic E-state index is -4.33. The van der Waals surface area contributed by atoms with E-state index in [4.69, 9.17) is 0 Å². The van der Waals surface area contributed by atoms with Crippen LogP contribution in [0.3, 0.4) is 0 Å². The van der Waals surface area contributed by atoms with E-state index >= 15 is 0 Å². The molecule has 1 atom stereocenters. The molecule has 20 heavy (non-hydrogen) atoms. The van der Waals surface area contributed by atoms with E-state index in [0.717, 1.165) is 31.4 Å². The fourth-order valence-electron chi connectivity index (χ4n) is 2.73. The van der Waals surface area contributed by atoms with Crippen molar-refractivity contribution in [3.63, 3.8) is 0 Å². The van der Waals surface area contributed by atoms with Gasteiger partial charge >= 0.3 is 6.18 Å². The molecule has 1 unspecified atom stereocenters. The number of hydrogen-bond acceptors (Lipinski definition) is 2. The lowest BCUT2D eigenvalue weighted by atomic mass is 9.90. The van der Waals surface area contributed by atoms with Gasteiger partial charge in [0.1, 0.15) is 6.17 Å². The number of carbonyl (C=O) groups excluding carboxylic acids is 1. The molecule has 1 heterocycles. The minimum absolute atomic E-state index is 0.0274. The Hall–Kier alpha value is -1.56. The first-order valence-electron chi connectivity index (χ1n) is 6.68. The summed E-state index contributed by atoms with van der Waals surface area (Å²) in [6, 6.07) is 5.26. The van der Waals surface area contributed by atoms with Gasteiger partial charge in [0.15, 0.2) is 0 Å². The summed E-state index contributed by atoms with van der Waals surface area (Å²) in [7, 11) is 0. The van der Waals surface area contributed by atoms with Crippen LogP contribution in [-0.4, -0.2) is 23.4 Å². The third-order valence-electron chi connectivity index (χ3n) is 4.03.